The molecule has 0 saturated heterocycles. The van der Waals surface area contributed by atoms with Crippen molar-refractivity contribution in [1.29, 1.82) is 0 Å². The molecule has 0 aliphatic heterocycles. The van der Waals surface area contributed by atoms with Crippen LogP contribution in [-0.4, -0.2) is 0 Å². The van der Waals surface area contributed by atoms with Gasteiger partial charge in [-0.3, -0.25) is 0 Å². The zero-order valence-electron chi connectivity index (χ0n) is 8.77. The van der Waals surface area contributed by atoms with E-state index in [-0.39, 0.29) is 24.8 Å². The highest BCUT2D eigenvalue weighted by Gasteiger charge is 2.04. The van der Waals surface area contributed by atoms with Crippen molar-refractivity contribution in [3.05, 3.63) is 34.5 Å². The molecule has 0 bridgehead atoms. The minimum Gasteiger partial charge on any atom is -0.399 e. The molecule has 5 heteroatoms. The Morgan fingerprint density at radius 2 is 1.75 bits per heavy atom. The topological polar surface area (TPSA) is 52.0 Å². The molecule has 2 aromatic rings. The zero-order chi connectivity index (χ0) is 10.1. The Labute approximate surface area is 111 Å². The Morgan fingerprint density at radius 1 is 1.06 bits per heavy atom. The highest BCUT2D eigenvalue weighted by Crippen LogP contribution is 2.31. The average molecular weight is 277 g/mol. The summed E-state index contributed by atoms with van der Waals surface area (Å²) in [6.45, 7) is 2.08. The van der Waals surface area contributed by atoms with E-state index in [4.69, 9.17) is 11.5 Å². The first kappa shape index (κ1) is 15.1. The molecule has 0 atom stereocenters. The summed E-state index contributed by atoms with van der Waals surface area (Å²) in [7, 11) is 0. The van der Waals surface area contributed by atoms with Crippen molar-refractivity contribution in [1.82, 2.24) is 0 Å². The number of thiophene rings is 1. The molecule has 2 nitrogen and oxygen atoms in total. The normalized spacial score (nSPS) is 9.06. The fraction of sp³-hybridized carbons (Fsp3) is 0.0909. The van der Waals surface area contributed by atoms with Crippen LogP contribution in [0.25, 0.3) is 11.1 Å². The Bertz CT molecular complexity index is 469. The molecule has 0 spiro atoms. The number of nitrogens with two attached hydrogens (primary N) is 2. The summed E-state index contributed by atoms with van der Waals surface area (Å²) in [6.07, 6.45) is 0. The first-order valence-corrected chi connectivity index (χ1v) is 5.25. The standard InChI is InChI=1S/C11H12N2S.2ClH/c1-7-4-8(6-14-7)10-5-9(12)2-3-11(10)13;;/h2-6H,12-13H2,1H3;2*1H. The van der Waals surface area contributed by atoms with Gasteiger partial charge in [0.1, 0.15) is 0 Å². The SMILES string of the molecule is Cc1cc(-c2cc(N)ccc2N)cs1.Cl.Cl. The monoisotopic (exact) mass is 276 g/mol. The Balaban J connectivity index is 0.00000112. The molecule has 0 amide bonds. The van der Waals surface area contributed by atoms with Crippen LogP contribution < -0.4 is 11.5 Å². The fourth-order valence-corrected chi connectivity index (χ4v) is 2.11. The lowest BCUT2D eigenvalue weighted by Crippen LogP contribution is -1.91. The lowest BCUT2D eigenvalue weighted by molar-refractivity contribution is 1.60. The van der Waals surface area contributed by atoms with Gasteiger partial charge < -0.3 is 11.5 Å². The van der Waals surface area contributed by atoms with Gasteiger partial charge in [-0.15, -0.1) is 36.2 Å². The van der Waals surface area contributed by atoms with Crippen LogP contribution >= 0.6 is 36.2 Å². The molecule has 1 heterocycles. The van der Waals surface area contributed by atoms with Crippen molar-refractivity contribution in [3.8, 4) is 11.1 Å². The first-order chi connectivity index (χ1) is 6.66. The van der Waals surface area contributed by atoms with Gasteiger partial charge >= 0.3 is 0 Å². The van der Waals surface area contributed by atoms with Crippen LogP contribution in [0.15, 0.2) is 29.6 Å². The van der Waals surface area contributed by atoms with Crippen LogP contribution in [0.2, 0.25) is 0 Å². The number of aryl methyl sites for hydroxylation is 1. The fourth-order valence-electron chi connectivity index (χ4n) is 1.41. The summed E-state index contributed by atoms with van der Waals surface area (Å²) >= 11 is 1.72. The molecule has 4 N–H and O–H groups in total. The summed E-state index contributed by atoms with van der Waals surface area (Å²) in [5.41, 5.74) is 15.3. The van der Waals surface area contributed by atoms with E-state index in [0.717, 1.165) is 22.5 Å². The summed E-state index contributed by atoms with van der Waals surface area (Å²) in [6, 6.07) is 7.70. The zero-order valence-corrected chi connectivity index (χ0v) is 11.2. The van der Waals surface area contributed by atoms with Crippen LogP contribution in [-0.2, 0) is 0 Å². The van der Waals surface area contributed by atoms with Crippen molar-refractivity contribution < 1.29 is 0 Å². The third-order valence-corrected chi connectivity index (χ3v) is 2.98. The summed E-state index contributed by atoms with van der Waals surface area (Å²) in [4.78, 5) is 1.28. The van der Waals surface area contributed by atoms with Crippen molar-refractivity contribution in [2.24, 2.45) is 0 Å². The molecule has 1 aromatic carbocycles. The minimum absolute atomic E-state index is 0. The van der Waals surface area contributed by atoms with Gasteiger partial charge in [-0.25, -0.2) is 0 Å². The number of halogens is 2. The highest BCUT2D eigenvalue weighted by atomic mass is 35.5. The minimum atomic E-state index is 0. The lowest BCUT2D eigenvalue weighted by atomic mass is 10.1. The average Bonchev–Trinajstić information content (AvgIpc) is 2.56. The lowest BCUT2D eigenvalue weighted by Gasteiger charge is -2.04. The summed E-state index contributed by atoms with van der Waals surface area (Å²) in [5, 5.41) is 2.10. The van der Waals surface area contributed by atoms with Crippen molar-refractivity contribution in [2.75, 3.05) is 11.5 Å². The maximum atomic E-state index is 5.88. The summed E-state index contributed by atoms with van der Waals surface area (Å²) in [5.74, 6) is 0. The van der Waals surface area contributed by atoms with Gasteiger partial charge in [0.05, 0.1) is 0 Å². The number of nitrogen functional groups attached to an aromatic ring is 2. The number of hydrogen-bond acceptors (Lipinski definition) is 3. The predicted octanol–water partition coefficient (Wildman–Crippen LogP) is 3.73. The van der Waals surface area contributed by atoms with Gasteiger partial charge in [0.15, 0.2) is 0 Å². The van der Waals surface area contributed by atoms with Crippen LogP contribution in [0.1, 0.15) is 4.88 Å². The van der Waals surface area contributed by atoms with Gasteiger partial charge in [-0.05, 0) is 42.1 Å². The van der Waals surface area contributed by atoms with Crippen molar-refractivity contribution in [3.63, 3.8) is 0 Å². The third-order valence-electron chi connectivity index (χ3n) is 2.12. The Morgan fingerprint density at radius 3 is 2.31 bits per heavy atom. The maximum Gasteiger partial charge on any atom is 0.0395 e. The van der Waals surface area contributed by atoms with E-state index in [1.807, 2.05) is 18.2 Å². The van der Waals surface area contributed by atoms with E-state index < -0.39 is 0 Å². The molecule has 0 aliphatic rings. The molecule has 0 saturated carbocycles. The quantitative estimate of drug-likeness (QED) is 0.780. The molecule has 1 aromatic heterocycles. The predicted molar refractivity (Wildman–Crippen MR) is 77.8 cm³/mol. The molecule has 0 fully saturated rings. The molecule has 88 valence electrons. The molecule has 2 rings (SSSR count). The first-order valence-electron chi connectivity index (χ1n) is 4.37. The smallest absolute Gasteiger partial charge is 0.0395 e. The van der Waals surface area contributed by atoms with E-state index in [0.29, 0.717) is 0 Å². The third kappa shape index (κ3) is 3.04. The van der Waals surface area contributed by atoms with Crippen LogP contribution in [0.4, 0.5) is 11.4 Å². The second-order valence-corrected chi connectivity index (χ2v) is 4.41. The van der Waals surface area contributed by atoms with E-state index >= 15 is 0 Å². The van der Waals surface area contributed by atoms with E-state index in [2.05, 4.69) is 18.4 Å². The molecule has 0 radical (unpaired) electrons. The van der Waals surface area contributed by atoms with Gasteiger partial charge in [-0.1, -0.05) is 0 Å². The van der Waals surface area contributed by atoms with Crippen molar-refractivity contribution >= 4 is 47.5 Å². The van der Waals surface area contributed by atoms with E-state index in [1.54, 1.807) is 11.3 Å². The number of rotatable bonds is 1. The van der Waals surface area contributed by atoms with Gasteiger partial charge in [0, 0.05) is 21.8 Å². The van der Waals surface area contributed by atoms with Crippen molar-refractivity contribution in [2.45, 2.75) is 6.92 Å². The molecule has 0 aliphatic carbocycles. The van der Waals surface area contributed by atoms with E-state index in [9.17, 15) is 0 Å². The number of hydrogen-bond donors (Lipinski definition) is 2. The van der Waals surface area contributed by atoms with Gasteiger partial charge in [0.25, 0.3) is 0 Å². The second kappa shape index (κ2) is 5.99. The van der Waals surface area contributed by atoms with Crippen LogP contribution in [0, 0.1) is 6.92 Å². The number of benzene rings is 1. The molecule has 0 unspecified atom stereocenters. The van der Waals surface area contributed by atoms with Crippen LogP contribution in [0.3, 0.4) is 0 Å². The Kier molecular flexibility index (Phi) is 5.65. The summed E-state index contributed by atoms with van der Waals surface area (Å²) < 4.78 is 0. The molecular formula is C11H14Cl2N2S. The molecular weight excluding hydrogens is 263 g/mol. The largest absolute Gasteiger partial charge is 0.399 e. The number of anilines is 2. The van der Waals surface area contributed by atoms with Gasteiger partial charge in [0.2, 0.25) is 0 Å². The second-order valence-electron chi connectivity index (χ2n) is 3.29. The van der Waals surface area contributed by atoms with Crippen LogP contribution in [0.5, 0.6) is 0 Å². The molecule has 16 heavy (non-hydrogen) atoms. The van der Waals surface area contributed by atoms with Gasteiger partial charge in [-0.2, -0.15) is 0 Å². The Hall–Kier alpha value is -0.900. The van der Waals surface area contributed by atoms with E-state index in [1.165, 1.54) is 4.88 Å². The maximum absolute atomic E-state index is 5.88. The highest BCUT2D eigenvalue weighted by molar-refractivity contribution is 7.10.